The Kier molecular flexibility index (Phi) is 4.82. The monoisotopic (exact) mass is 360 g/mol. The molecule has 6 nitrogen and oxygen atoms in total. The van der Waals surface area contributed by atoms with Crippen LogP contribution in [-0.4, -0.2) is 19.7 Å². The number of rotatable bonds is 5. The Bertz CT molecular complexity index is 883. The SMILES string of the molecule is Cn1c(Cc2ccccc2)nnc1Sc1ccc(Cl)cc1[N+](=O)[O-]. The summed E-state index contributed by atoms with van der Waals surface area (Å²) in [6.07, 6.45) is 0.646. The van der Waals surface area contributed by atoms with Crippen molar-refractivity contribution in [3.05, 3.63) is 75.1 Å². The highest BCUT2D eigenvalue weighted by Crippen LogP contribution is 2.35. The molecule has 122 valence electrons. The Morgan fingerprint density at radius 3 is 2.67 bits per heavy atom. The van der Waals surface area contributed by atoms with E-state index in [0.717, 1.165) is 11.4 Å². The highest BCUT2D eigenvalue weighted by molar-refractivity contribution is 7.99. The summed E-state index contributed by atoms with van der Waals surface area (Å²) in [6.45, 7) is 0. The molecule has 8 heteroatoms. The van der Waals surface area contributed by atoms with Crippen molar-refractivity contribution in [2.24, 2.45) is 7.05 Å². The van der Waals surface area contributed by atoms with Gasteiger partial charge in [-0.15, -0.1) is 10.2 Å². The average Bonchev–Trinajstić information content (AvgIpc) is 2.90. The van der Waals surface area contributed by atoms with Crippen LogP contribution < -0.4 is 0 Å². The Balaban J connectivity index is 1.86. The van der Waals surface area contributed by atoms with E-state index >= 15 is 0 Å². The second-order valence-electron chi connectivity index (χ2n) is 5.09. The normalized spacial score (nSPS) is 10.8. The van der Waals surface area contributed by atoms with E-state index < -0.39 is 4.92 Å². The number of nitrogens with zero attached hydrogens (tertiary/aromatic N) is 4. The van der Waals surface area contributed by atoms with Crippen molar-refractivity contribution < 1.29 is 4.92 Å². The summed E-state index contributed by atoms with van der Waals surface area (Å²) in [5.74, 6) is 0.792. The summed E-state index contributed by atoms with van der Waals surface area (Å²) in [6, 6.07) is 14.5. The van der Waals surface area contributed by atoms with E-state index in [1.165, 1.54) is 17.8 Å². The molecule has 3 aromatic rings. The maximum Gasteiger partial charge on any atom is 0.284 e. The Labute approximate surface area is 147 Å². The van der Waals surface area contributed by atoms with Gasteiger partial charge >= 0.3 is 0 Å². The molecule has 0 unspecified atom stereocenters. The number of halogens is 1. The molecule has 0 aliphatic heterocycles. The zero-order valence-corrected chi connectivity index (χ0v) is 14.3. The van der Waals surface area contributed by atoms with Crippen LogP contribution >= 0.6 is 23.4 Å². The summed E-state index contributed by atoms with van der Waals surface area (Å²) in [7, 11) is 1.85. The van der Waals surface area contributed by atoms with Crippen LogP contribution in [0.4, 0.5) is 5.69 Å². The molecule has 0 atom stereocenters. The first-order valence-corrected chi connectivity index (χ1v) is 8.28. The van der Waals surface area contributed by atoms with E-state index in [1.807, 2.05) is 41.9 Å². The molecule has 0 aliphatic rings. The minimum atomic E-state index is -0.449. The number of nitro benzene ring substituents is 1. The van der Waals surface area contributed by atoms with Gasteiger partial charge in [0.25, 0.3) is 5.69 Å². The standard InChI is InChI=1S/C16H13ClN4O2S/c1-20-15(9-11-5-3-2-4-6-11)18-19-16(20)24-14-8-7-12(17)10-13(14)21(22)23/h2-8,10H,9H2,1H3. The summed E-state index contributed by atoms with van der Waals surface area (Å²) in [4.78, 5) is 11.2. The number of hydrogen-bond acceptors (Lipinski definition) is 5. The molecule has 2 aromatic carbocycles. The fraction of sp³-hybridized carbons (Fsp3) is 0.125. The van der Waals surface area contributed by atoms with Crippen molar-refractivity contribution in [2.75, 3.05) is 0 Å². The lowest BCUT2D eigenvalue weighted by Crippen LogP contribution is -2.00. The predicted octanol–water partition coefficient (Wildman–Crippen LogP) is 4.12. The lowest BCUT2D eigenvalue weighted by atomic mass is 10.1. The fourth-order valence-electron chi connectivity index (χ4n) is 2.18. The van der Waals surface area contributed by atoms with Gasteiger partial charge in [-0.05, 0) is 29.5 Å². The van der Waals surface area contributed by atoms with Gasteiger partial charge in [0, 0.05) is 24.6 Å². The van der Waals surface area contributed by atoms with E-state index in [9.17, 15) is 10.1 Å². The third kappa shape index (κ3) is 3.58. The van der Waals surface area contributed by atoms with Crippen LogP contribution in [0.2, 0.25) is 5.02 Å². The molecule has 3 rings (SSSR count). The van der Waals surface area contributed by atoms with Gasteiger partial charge in [-0.3, -0.25) is 10.1 Å². The Morgan fingerprint density at radius 2 is 1.96 bits per heavy atom. The zero-order chi connectivity index (χ0) is 17.1. The second-order valence-corrected chi connectivity index (χ2v) is 6.54. The predicted molar refractivity (Wildman–Crippen MR) is 92.5 cm³/mol. The van der Waals surface area contributed by atoms with Crippen LogP contribution in [0.25, 0.3) is 0 Å². The van der Waals surface area contributed by atoms with Crippen molar-refractivity contribution in [1.82, 2.24) is 14.8 Å². The first-order valence-electron chi connectivity index (χ1n) is 7.08. The smallest absolute Gasteiger partial charge is 0.284 e. The average molecular weight is 361 g/mol. The van der Waals surface area contributed by atoms with E-state index in [1.54, 1.807) is 12.1 Å². The van der Waals surface area contributed by atoms with Gasteiger partial charge in [0.1, 0.15) is 5.82 Å². The van der Waals surface area contributed by atoms with Crippen LogP contribution in [0.5, 0.6) is 0 Å². The van der Waals surface area contributed by atoms with E-state index in [-0.39, 0.29) is 5.69 Å². The van der Waals surface area contributed by atoms with Crippen LogP contribution in [0.15, 0.2) is 58.6 Å². The quantitative estimate of drug-likeness (QED) is 0.505. The number of nitro groups is 1. The Hall–Kier alpha value is -2.38. The van der Waals surface area contributed by atoms with Gasteiger partial charge in [-0.25, -0.2) is 0 Å². The maximum absolute atomic E-state index is 11.2. The van der Waals surface area contributed by atoms with Crippen LogP contribution in [0, 0.1) is 10.1 Å². The molecular weight excluding hydrogens is 348 g/mol. The molecule has 0 fully saturated rings. The van der Waals surface area contributed by atoms with E-state index in [4.69, 9.17) is 11.6 Å². The molecule has 0 N–H and O–H groups in total. The van der Waals surface area contributed by atoms with Crippen molar-refractivity contribution in [3.8, 4) is 0 Å². The fourth-order valence-corrected chi connectivity index (χ4v) is 3.25. The molecule has 0 saturated carbocycles. The van der Waals surface area contributed by atoms with Crippen LogP contribution in [0.1, 0.15) is 11.4 Å². The van der Waals surface area contributed by atoms with E-state index in [2.05, 4.69) is 10.2 Å². The van der Waals surface area contributed by atoms with Gasteiger partial charge < -0.3 is 4.57 Å². The topological polar surface area (TPSA) is 73.8 Å². The van der Waals surface area contributed by atoms with Crippen LogP contribution in [-0.2, 0) is 13.5 Å². The highest BCUT2D eigenvalue weighted by atomic mass is 35.5. The molecule has 24 heavy (non-hydrogen) atoms. The largest absolute Gasteiger partial charge is 0.309 e. The highest BCUT2D eigenvalue weighted by Gasteiger charge is 2.19. The van der Waals surface area contributed by atoms with Crippen LogP contribution in [0.3, 0.4) is 0 Å². The molecule has 0 saturated heterocycles. The zero-order valence-electron chi connectivity index (χ0n) is 12.7. The lowest BCUT2D eigenvalue weighted by molar-refractivity contribution is -0.387. The van der Waals surface area contributed by atoms with Gasteiger partial charge in [-0.2, -0.15) is 0 Å². The summed E-state index contributed by atoms with van der Waals surface area (Å²) >= 11 is 7.04. The first-order chi connectivity index (χ1) is 11.5. The van der Waals surface area contributed by atoms with Gasteiger partial charge in [0.15, 0.2) is 5.16 Å². The van der Waals surface area contributed by atoms with Crippen molar-refractivity contribution >= 4 is 29.1 Å². The lowest BCUT2D eigenvalue weighted by Gasteiger charge is -2.05. The number of hydrogen-bond donors (Lipinski definition) is 0. The number of benzene rings is 2. The number of aromatic nitrogens is 3. The maximum atomic E-state index is 11.2. The second kappa shape index (κ2) is 7.02. The van der Waals surface area contributed by atoms with Gasteiger partial charge in [-0.1, -0.05) is 41.9 Å². The van der Waals surface area contributed by atoms with E-state index in [0.29, 0.717) is 21.5 Å². The molecule has 0 amide bonds. The van der Waals surface area contributed by atoms with Crippen molar-refractivity contribution in [3.63, 3.8) is 0 Å². The minimum absolute atomic E-state index is 0.0416. The molecule has 0 bridgehead atoms. The first kappa shape index (κ1) is 16.5. The summed E-state index contributed by atoms with van der Waals surface area (Å²) in [5.41, 5.74) is 1.09. The third-order valence-corrected chi connectivity index (χ3v) is 4.79. The van der Waals surface area contributed by atoms with Gasteiger partial charge in [0.2, 0.25) is 0 Å². The molecule has 1 heterocycles. The van der Waals surface area contributed by atoms with Crippen molar-refractivity contribution in [1.29, 1.82) is 0 Å². The van der Waals surface area contributed by atoms with Crippen molar-refractivity contribution in [2.45, 2.75) is 16.5 Å². The molecule has 0 spiro atoms. The Morgan fingerprint density at radius 1 is 1.21 bits per heavy atom. The summed E-state index contributed by atoms with van der Waals surface area (Å²) in [5, 5.41) is 20.4. The van der Waals surface area contributed by atoms with Gasteiger partial charge in [0.05, 0.1) is 9.82 Å². The molecule has 0 radical (unpaired) electrons. The molecule has 0 aliphatic carbocycles. The molecule has 1 aromatic heterocycles. The minimum Gasteiger partial charge on any atom is -0.309 e. The third-order valence-electron chi connectivity index (χ3n) is 3.45. The molecular formula is C16H13ClN4O2S. The summed E-state index contributed by atoms with van der Waals surface area (Å²) < 4.78 is 1.84.